The lowest BCUT2D eigenvalue weighted by Crippen LogP contribution is -2.25. The number of hydrogen-bond acceptors (Lipinski definition) is 4. The van der Waals surface area contributed by atoms with Crippen molar-refractivity contribution >= 4 is 27.5 Å². The lowest BCUT2D eigenvalue weighted by atomic mass is 10.1. The summed E-state index contributed by atoms with van der Waals surface area (Å²) in [4.78, 5) is 11.3. The molecule has 4 N–H and O–H groups in total. The van der Waals surface area contributed by atoms with Gasteiger partial charge in [-0.1, -0.05) is 17.7 Å². The van der Waals surface area contributed by atoms with Crippen LogP contribution in [0.1, 0.15) is 11.1 Å². The highest BCUT2D eigenvalue weighted by molar-refractivity contribution is 7.89. The van der Waals surface area contributed by atoms with E-state index >= 15 is 0 Å². The third-order valence-corrected chi connectivity index (χ3v) is 4.35. The minimum absolute atomic E-state index is 0.0248. The van der Waals surface area contributed by atoms with Gasteiger partial charge in [-0.3, -0.25) is 4.79 Å². The van der Waals surface area contributed by atoms with E-state index in [0.29, 0.717) is 16.1 Å². The van der Waals surface area contributed by atoms with Crippen molar-refractivity contribution in [3.05, 3.63) is 58.4 Å². The molecule has 1 amide bonds. The van der Waals surface area contributed by atoms with Crippen LogP contribution in [0.25, 0.3) is 0 Å². The van der Waals surface area contributed by atoms with Gasteiger partial charge in [0.15, 0.2) is 0 Å². The second-order valence-electron chi connectivity index (χ2n) is 5.04. The molecule has 0 saturated heterocycles. The molecule has 0 atom stereocenters. The Morgan fingerprint density at radius 3 is 2.62 bits per heavy atom. The van der Waals surface area contributed by atoms with E-state index in [0.717, 1.165) is 12.1 Å². The van der Waals surface area contributed by atoms with Gasteiger partial charge in [0.1, 0.15) is 16.5 Å². The normalized spacial score (nSPS) is 11.3. The Hall–Kier alpha value is -2.16. The molecule has 9 heteroatoms. The molecule has 0 spiro atoms. The van der Waals surface area contributed by atoms with Crippen molar-refractivity contribution in [2.75, 3.05) is 0 Å². The van der Waals surface area contributed by atoms with Crippen LogP contribution in [-0.2, 0) is 27.8 Å². The van der Waals surface area contributed by atoms with E-state index in [1.807, 2.05) is 0 Å². The molecule has 0 saturated carbocycles. The summed E-state index contributed by atoms with van der Waals surface area (Å²) in [6.45, 7) is -0.0248. The number of primary sulfonamides is 1. The fourth-order valence-electron chi connectivity index (χ4n) is 2.01. The number of nitrogens with one attached hydrogen (secondary N) is 1. The van der Waals surface area contributed by atoms with Gasteiger partial charge in [0.25, 0.3) is 0 Å². The molecule has 0 radical (unpaired) electrons. The van der Waals surface area contributed by atoms with Crippen molar-refractivity contribution in [2.45, 2.75) is 17.9 Å². The molecule has 24 heavy (non-hydrogen) atoms. The van der Waals surface area contributed by atoms with Crippen LogP contribution in [0.4, 0.5) is 4.39 Å². The monoisotopic (exact) mass is 372 g/mol. The van der Waals surface area contributed by atoms with Crippen LogP contribution in [0, 0.1) is 5.82 Å². The van der Waals surface area contributed by atoms with E-state index in [1.165, 1.54) is 24.3 Å². The topological polar surface area (TPSA) is 109 Å². The molecule has 2 rings (SSSR count). The number of phenols is 1. The lowest BCUT2D eigenvalue weighted by molar-refractivity contribution is -0.120. The summed E-state index contributed by atoms with van der Waals surface area (Å²) in [5.41, 5.74) is 0.716. The third kappa shape index (κ3) is 4.67. The van der Waals surface area contributed by atoms with Gasteiger partial charge < -0.3 is 10.4 Å². The van der Waals surface area contributed by atoms with E-state index in [4.69, 9.17) is 16.7 Å². The number of sulfonamides is 1. The molecular formula is C15H14ClFN2O4S. The lowest BCUT2D eigenvalue weighted by Gasteiger charge is -2.09. The average Bonchev–Trinajstić information content (AvgIpc) is 2.49. The molecule has 0 heterocycles. The zero-order valence-corrected chi connectivity index (χ0v) is 13.9. The molecule has 2 aromatic carbocycles. The van der Waals surface area contributed by atoms with Crippen molar-refractivity contribution < 1.29 is 22.7 Å². The van der Waals surface area contributed by atoms with E-state index in [2.05, 4.69) is 5.32 Å². The van der Waals surface area contributed by atoms with Crippen molar-refractivity contribution in [3.8, 4) is 5.75 Å². The maximum absolute atomic E-state index is 13.4. The average molecular weight is 373 g/mol. The van der Waals surface area contributed by atoms with Gasteiger partial charge in [-0.05, 0) is 35.9 Å². The molecule has 0 bridgehead atoms. The molecule has 0 unspecified atom stereocenters. The van der Waals surface area contributed by atoms with Crippen LogP contribution in [0.15, 0.2) is 41.3 Å². The van der Waals surface area contributed by atoms with E-state index in [9.17, 15) is 22.7 Å². The highest BCUT2D eigenvalue weighted by Gasteiger charge is 2.15. The molecular weight excluding hydrogens is 359 g/mol. The Kier molecular flexibility index (Phi) is 5.43. The Bertz CT molecular complexity index is 887. The van der Waals surface area contributed by atoms with Gasteiger partial charge in [0.2, 0.25) is 15.9 Å². The zero-order chi connectivity index (χ0) is 17.9. The van der Waals surface area contributed by atoms with Crippen molar-refractivity contribution in [1.82, 2.24) is 5.32 Å². The van der Waals surface area contributed by atoms with Crippen LogP contribution in [0.5, 0.6) is 5.75 Å². The first kappa shape index (κ1) is 18.2. The van der Waals surface area contributed by atoms with Gasteiger partial charge >= 0.3 is 0 Å². The van der Waals surface area contributed by atoms with Gasteiger partial charge in [0.05, 0.1) is 6.42 Å². The molecule has 128 valence electrons. The number of rotatable bonds is 5. The highest BCUT2D eigenvalue weighted by atomic mass is 35.5. The Morgan fingerprint density at radius 1 is 1.25 bits per heavy atom. The van der Waals surface area contributed by atoms with Crippen LogP contribution in [0.3, 0.4) is 0 Å². The van der Waals surface area contributed by atoms with Gasteiger partial charge in [0, 0.05) is 17.1 Å². The number of hydrogen-bond donors (Lipinski definition) is 3. The van der Waals surface area contributed by atoms with E-state index in [-0.39, 0.29) is 18.7 Å². The Labute approximate surface area is 143 Å². The first-order valence-electron chi connectivity index (χ1n) is 6.72. The second kappa shape index (κ2) is 7.16. The number of aromatic hydroxyl groups is 1. The molecule has 0 aliphatic carbocycles. The quantitative estimate of drug-likeness (QED) is 0.741. The molecule has 0 aliphatic heterocycles. The standard InChI is InChI=1S/C15H14ClFN2O4S/c16-11-2-4-13(20)10(6-11)7-15(21)19-8-9-1-3-12(17)14(5-9)24(18,22)23/h1-6,20H,7-8H2,(H,19,21)(H2,18,22,23). The van der Waals surface area contributed by atoms with E-state index < -0.39 is 26.6 Å². The SMILES string of the molecule is NS(=O)(=O)c1cc(CNC(=O)Cc2cc(Cl)ccc2O)ccc1F. The Balaban J connectivity index is 2.06. The second-order valence-corrected chi connectivity index (χ2v) is 7.00. The number of nitrogens with two attached hydrogens (primary N) is 1. The van der Waals surface area contributed by atoms with Crippen LogP contribution < -0.4 is 10.5 Å². The summed E-state index contributed by atoms with van der Waals surface area (Å²) in [6, 6.07) is 7.69. The molecule has 0 aromatic heterocycles. The van der Waals surface area contributed by atoms with Gasteiger partial charge in [-0.15, -0.1) is 0 Å². The van der Waals surface area contributed by atoms with E-state index in [1.54, 1.807) is 0 Å². The smallest absolute Gasteiger partial charge is 0.240 e. The largest absolute Gasteiger partial charge is 0.508 e. The minimum atomic E-state index is -4.19. The molecule has 2 aromatic rings. The summed E-state index contributed by atoms with van der Waals surface area (Å²) in [6.07, 6.45) is -0.115. The number of phenolic OH excluding ortho intramolecular Hbond substituents is 1. The fourth-order valence-corrected chi connectivity index (χ4v) is 2.86. The fraction of sp³-hybridized carbons (Fsp3) is 0.133. The maximum atomic E-state index is 13.4. The number of halogens is 2. The van der Waals surface area contributed by atoms with Crippen LogP contribution in [-0.4, -0.2) is 19.4 Å². The first-order valence-corrected chi connectivity index (χ1v) is 8.64. The van der Waals surface area contributed by atoms with Gasteiger partial charge in [-0.2, -0.15) is 0 Å². The summed E-state index contributed by atoms with van der Waals surface area (Å²) in [7, 11) is -4.19. The summed E-state index contributed by atoms with van der Waals surface area (Å²) in [5, 5.41) is 17.5. The molecule has 0 aliphatic rings. The van der Waals surface area contributed by atoms with Gasteiger partial charge in [-0.25, -0.2) is 17.9 Å². The summed E-state index contributed by atoms with van der Waals surface area (Å²) >= 11 is 5.80. The zero-order valence-electron chi connectivity index (χ0n) is 12.3. The number of carbonyl (C=O) groups excluding carboxylic acids is 1. The van der Waals surface area contributed by atoms with Crippen LogP contribution in [0.2, 0.25) is 5.02 Å². The predicted molar refractivity (Wildman–Crippen MR) is 86.4 cm³/mol. The summed E-state index contributed by atoms with van der Waals surface area (Å²) < 4.78 is 36.0. The van der Waals surface area contributed by atoms with Crippen molar-refractivity contribution in [1.29, 1.82) is 0 Å². The third-order valence-electron chi connectivity index (χ3n) is 3.18. The minimum Gasteiger partial charge on any atom is -0.508 e. The number of amides is 1. The number of benzene rings is 2. The van der Waals surface area contributed by atoms with Crippen molar-refractivity contribution in [2.24, 2.45) is 5.14 Å². The van der Waals surface area contributed by atoms with Crippen LogP contribution >= 0.6 is 11.6 Å². The van der Waals surface area contributed by atoms with Crippen molar-refractivity contribution in [3.63, 3.8) is 0 Å². The highest BCUT2D eigenvalue weighted by Crippen LogP contribution is 2.22. The number of carbonyl (C=O) groups is 1. The Morgan fingerprint density at radius 2 is 1.96 bits per heavy atom. The molecule has 0 fully saturated rings. The first-order chi connectivity index (χ1) is 11.2. The summed E-state index contributed by atoms with van der Waals surface area (Å²) in [5.74, 6) is -1.45. The maximum Gasteiger partial charge on any atom is 0.240 e. The molecule has 6 nitrogen and oxygen atoms in total. The predicted octanol–water partition coefficient (Wildman–Crippen LogP) is 1.69.